The van der Waals surface area contributed by atoms with E-state index in [4.69, 9.17) is 0 Å². The molecule has 0 aliphatic carbocycles. The van der Waals surface area contributed by atoms with Gasteiger partial charge in [0, 0.05) is 13.1 Å². The Balaban J connectivity index is 1.81. The number of nitrogens with zero attached hydrogens (tertiary/aromatic N) is 2. The molecule has 0 aromatic heterocycles. The fourth-order valence-electron chi connectivity index (χ4n) is 3.57. The van der Waals surface area contributed by atoms with Crippen LogP contribution in [0, 0.1) is 18.8 Å². The predicted molar refractivity (Wildman–Crippen MR) is 88.0 cm³/mol. The summed E-state index contributed by atoms with van der Waals surface area (Å²) in [6.45, 7) is 5.52. The number of hydrogen-bond donors (Lipinski definition) is 1. The summed E-state index contributed by atoms with van der Waals surface area (Å²) in [5, 5.41) is 9.21. The van der Waals surface area contributed by atoms with Gasteiger partial charge >= 0.3 is 5.97 Å². The molecule has 132 valence electrons. The molecule has 25 heavy (non-hydrogen) atoms. The number of likely N-dealkylation sites (tertiary alicyclic amines) is 1. The average molecular weight is 344 g/mol. The number of hydrogen-bond acceptors (Lipinski definition) is 4. The van der Waals surface area contributed by atoms with Gasteiger partial charge in [0.2, 0.25) is 5.91 Å². The number of aryl methyl sites for hydroxylation is 1. The molecule has 0 saturated carbocycles. The van der Waals surface area contributed by atoms with E-state index in [0.717, 1.165) is 10.5 Å². The van der Waals surface area contributed by atoms with E-state index in [-0.39, 0.29) is 12.5 Å². The van der Waals surface area contributed by atoms with Crippen LogP contribution in [0.1, 0.15) is 40.1 Å². The summed E-state index contributed by atoms with van der Waals surface area (Å²) in [7, 11) is 0. The molecule has 1 saturated heterocycles. The first-order valence-corrected chi connectivity index (χ1v) is 8.22. The van der Waals surface area contributed by atoms with Gasteiger partial charge in [-0.15, -0.1) is 0 Å². The molecular formula is C18H20N2O5. The Morgan fingerprint density at radius 1 is 1.16 bits per heavy atom. The molecule has 1 fully saturated rings. The van der Waals surface area contributed by atoms with E-state index < -0.39 is 35.7 Å². The first-order chi connectivity index (χ1) is 11.7. The van der Waals surface area contributed by atoms with Gasteiger partial charge < -0.3 is 10.0 Å². The minimum absolute atomic E-state index is 0.0992. The minimum atomic E-state index is -0.965. The highest BCUT2D eigenvalue weighted by Gasteiger charge is 2.44. The molecule has 1 aromatic carbocycles. The zero-order valence-corrected chi connectivity index (χ0v) is 14.4. The third-order valence-electron chi connectivity index (χ3n) is 5.06. The first kappa shape index (κ1) is 17.1. The lowest BCUT2D eigenvalue weighted by Gasteiger charge is -2.26. The Labute approximate surface area is 145 Å². The molecule has 1 N–H and O–H groups in total. The number of imide groups is 1. The topological polar surface area (TPSA) is 95.0 Å². The van der Waals surface area contributed by atoms with Crippen LogP contribution in [-0.2, 0) is 9.59 Å². The highest BCUT2D eigenvalue weighted by atomic mass is 16.4. The number of fused-ring (bicyclic) bond motifs is 1. The third-order valence-corrected chi connectivity index (χ3v) is 5.06. The molecule has 7 nitrogen and oxygen atoms in total. The maximum absolute atomic E-state index is 12.7. The first-order valence-electron chi connectivity index (χ1n) is 8.22. The maximum Gasteiger partial charge on any atom is 0.308 e. The standard InChI is InChI=1S/C18H20N2O5/c1-9-4-5-12-13(6-9)17(23)20(16(12)22)11(3)15(21)19-7-10(2)14(8-19)18(24)25/h4-6,10-11,14H,7-8H2,1-3H3,(H,24,25)/t10-,11?,14-/m1/s1. The van der Waals surface area contributed by atoms with Gasteiger partial charge in [-0.1, -0.05) is 18.6 Å². The quantitative estimate of drug-likeness (QED) is 0.830. The lowest BCUT2D eigenvalue weighted by Crippen LogP contribution is -2.49. The second-order valence-corrected chi connectivity index (χ2v) is 6.87. The summed E-state index contributed by atoms with van der Waals surface area (Å²) in [5.41, 5.74) is 1.47. The summed E-state index contributed by atoms with van der Waals surface area (Å²) >= 11 is 0. The molecular weight excluding hydrogens is 324 g/mol. The summed E-state index contributed by atoms with van der Waals surface area (Å²) in [4.78, 5) is 51.5. The van der Waals surface area contributed by atoms with Crippen LogP contribution >= 0.6 is 0 Å². The molecule has 2 aliphatic rings. The van der Waals surface area contributed by atoms with Gasteiger partial charge in [0.05, 0.1) is 17.0 Å². The van der Waals surface area contributed by atoms with Crippen LogP contribution in [0.2, 0.25) is 0 Å². The van der Waals surface area contributed by atoms with Crippen LogP contribution in [0.25, 0.3) is 0 Å². The molecule has 3 rings (SSSR count). The van der Waals surface area contributed by atoms with Crippen LogP contribution in [0.15, 0.2) is 18.2 Å². The Hall–Kier alpha value is -2.70. The molecule has 0 bridgehead atoms. The monoisotopic (exact) mass is 344 g/mol. The number of carboxylic acid groups (broad SMARTS) is 1. The predicted octanol–water partition coefficient (Wildman–Crippen LogP) is 1.16. The van der Waals surface area contributed by atoms with Crippen LogP contribution in [0.4, 0.5) is 0 Å². The smallest absolute Gasteiger partial charge is 0.308 e. The fourth-order valence-corrected chi connectivity index (χ4v) is 3.57. The van der Waals surface area contributed by atoms with Crippen molar-refractivity contribution in [3.05, 3.63) is 34.9 Å². The number of aliphatic carboxylic acids is 1. The lowest BCUT2D eigenvalue weighted by atomic mass is 9.99. The van der Waals surface area contributed by atoms with E-state index in [1.165, 1.54) is 11.8 Å². The second-order valence-electron chi connectivity index (χ2n) is 6.87. The number of amides is 3. The molecule has 2 aliphatic heterocycles. The third kappa shape index (κ3) is 2.69. The number of carbonyl (C=O) groups excluding carboxylic acids is 3. The molecule has 0 radical (unpaired) electrons. The number of benzene rings is 1. The zero-order valence-electron chi connectivity index (χ0n) is 14.4. The summed E-state index contributed by atoms with van der Waals surface area (Å²) < 4.78 is 0. The fraction of sp³-hybridized carbons (Fsp3) is 0.444. The van der Waals surface area contributed by atoms with Crippen molar-refractivity contribution in [1.82, 2.24) is 9.80 Å². The van der Waals surface area contributed by atoms with Gasteiger partial charge in [0.15, 0.2) is 0 Å². The normalized spacial score (nSPS) is 23.8. The van der Waals surface area contributed by atoms with Crippen molar-refractivity contribution >= 4 is 23.7 Å². The Morgan fingerprint density at radius 3 is 2.40 bits per heavy atom. The molecule has 3 amide bonds. The van der Waals surface area contributed by atoms with E-state index in [1.807, 2.05) is 6.92 Å². The van der Waals surface area contributed by atoms with Crippen molar-refractivity contribution in [2.45, 2.75) is 26.8 Å². The van der Waals surface area contributed by atoms with Gasteiger partial charge in [-0.2, -0.15) is 0 Å². The SMILES string of the molecule is Cc1ccc2c(c1)C(=O)N(C(C)C(=O)N1C[C@@H](C)[C@H](C(=O)O)C1)C2=O. The summed E-state index contributed by atoms with van der Waals surface area (Å²) in [6.07, 6.45) is 0. The molecule has 0 spiro atoms. The van der Waals surface area contributed by atoms with Crippen LogP contribution < -0.4 is 0 Å². The molecule has 2 heterocycles. The van der Waals surface area contributed by atoms with E-state index in [9.17, 15) is 24.3 Å². The summed E-state index contributed by atoms with van der Waals surface area (Å²) in [6, 6.07) is 4.03. The molecule has 1 aromatic rings. The minimum Gasteiger partial charge on any atom is -0.481 e. The Bertz CT molecular complexity index is 788. The van der Waals surface area contributed by atoms with E-state index in [2.05, 4.69) is 0 Å². The largest absolute Gasteiger partial charge is 0.481 e. The molecule has 7 heteroatoms. The lowest BCUT2D eigenvalue weighted by molar-refractivity contribution is -0.142. The number of carboxylic acids is 1. The van der Waals surface area contributed by atoms with Gasteiger partial charge in [-0.25, -0.2) is 0 Å². The van der Waals surface area contributed by atoms with Gasteiger partial charge in [0.1, 0.15) is 6.04 Å². The number of rotatable bonds is 3. The van der Waals surface area contributed by atoms with Crippen molar-refractivity contribution < 1.29 is 24.3 Å². The van der Waals surface area contributed by atoms with Crippen molar-refractivity contribution in [2.75, 3.05) is 13.1 Å². The Morgan fingerprint density at radius 2 is 1.80 bits per heavy atom. The van der Waals surface area contributed by atoms with E-state index in [0.29, 0.717) is 17.7 Å². The molecule has 3 atom stereocenters. The van der Waals surface area contributed by atoms with Crippen LogP contribution in [0.3, 0.4) is 0 Å². The zero-order chi connectivity index (χ0) is 18.5. The Kier molecular flexibility index (Phi) is 4.10. The second kappa shape index (κ2) is 5.98. The van der Waals surface area contributed by atoms with Crippen LogP contribution in [0.5, 0.6) is 0 Å². The van der Waals surface area contributed by atoms with Gasteiger partial charge in [-0.05, 0) is 31.9 Å². The average Bonchev–Trinajstić information content (AvgIpc) is 3.05. The van der Waals surface area contributed by atoms with Crippen molar-refractivity contribution in [3.63, 3.8) is 0 Å². The maximum atomic E-state index is 12.7. The van der Waals surface area contributed by atoms with Crippen molar-refractivity contribution in [1.29, 1.82) is 0 Å². The van der Waals surface area contributed by atoms with Gasteiger partial charge in [-0.3, -0.25) is 24.1 Å². The summed E-state index contributed by atoms with van der Waals surface area (Å²) in [5.74, 6) is -3.09. The van der Waals surface area contributed by atoms with Gasteiger partial charge in [0.25, 0.3) is 11.8 Å². The van der Waals surface area contributed by atoms with Crippen molar-refractivity contribution in [3.8, 4) is 0 Å². The number of carbonyl (C=O) groups is 4. The highest BCUT2D eigenvalue weighted by Crippen LogP contribution is 2.28. The van der Waals surface area contributed by atoms with Crippen LogP contribution in [-0.4, -0.2) is 57.7 Å². The van der Waals surface area contributed by atoms with E-state index >= 15 is 0 Å². The van der Waals surface area contributed by atoms with E-state index in [1.54, 1.807) is 25.1 Å². The molecule has 1 unspecified atom stereocenters. The van der Waals surface area contributed by atoms with Crippen molar-refractivity contribution in [2.24, 2.45) is 11.8 Å². The highest BCUT2D eigenvalue weighted by molar-refractivity contribution is 6.22.